The van der Waals surface area contributed by atoms with Crippen LogP contribution >= 0.6 is 7.82 Å². The molecule has 0 amide bonds. The maximum absolute atomic E-state index is 10.5. The molecule has 0 aromatic carbocycles. The molecule has 3 N–H and O–H groups in total. The van der Waals surface area contributed by atoms with Crippen molar-refractivity contribution in [2.24, 2.45) is 0 Å². The Balaban J connectivity index is 3.69. The summed E-state index contributed by atoms with van der Waals surface area (Å²) < 4.78 is 25.4. The molecule has 7 nitrogen and oxygen atoms in total. The Bertz CT molecular complexity index is 241. The Labute approximate surface area is 101 Å². The first-order valence-electron chi connectivity index (χ1n) is 5.32. The van der Waals surface area contributed by atoms with Gasteiger partial charge in [-0.2, -0.15) is 0 Å². The molecule has 3 unspecified atom stereocenters. The fourth-order valence-corrected chi connectivity index (χ4v) is 1.49. The molecular weight excluding hydrogens is 251 g/mol. The number of hydrogen-bond acceptors (Lipinski definition) is 5. The van der Waals surface area contributed by atoms with Gasteiger partial charge < -0.3 is 24.4 Å². The summed E-state index contributed by atoms with van der Waals surface area (Å²) in [5, 5.41) is 8.72. The first-order chi connectivity index (χ1) is 7.74. The predicted molar refractivity (Wildman–Crippen MR) is 60.5 cm³/mol. The van der Waals surface area contributed by atoms with Gasteiger partial charge in [0.2, 0.25) is 0 Å². The predicted octanol–water partition coefficient (Wildman–Crippen LogP) is 0.287. The molecule has 0 saturated heterocycles. The van der Waals surface area contributed by atoms with E-state index in [-0.39, 0.29) is 25.4 Å². The molecule has 3 atom stereocenters. The molecule has 17 heavy (non-hydrogen) atoms. The van der Waals surface area contributed by atoms with E-state index in [0.717, 1.165) is 0 Å². The Morgan fingerprint density at radius 1 is 1.00 bits per heavy atom. The number of aliphatic hydroxyl groups is 1. The van der Waals surface area contributed by atoms with E-state index in [1.165, 1.54) is 6.92 Å². The largest absolute Gasteiger partial charge is 0.469 e. The molecule has 0 aliphatic carbocycles. The van der Waals surface area contributed by atoms with E-state index in [9.17, 15) is 4.57 Å². The van der Waals surface area contributed by atoms with Crippen molar-refractivity contribution in [3.05, 3.63) is 0 Å². The van der Waals surface area contributed by atoms with Crippen molar-refractivity contribution in [3.8, 4) is 0 Å². The van der Waals surface area contributed by atoms with Gasteiger partial charge in [0.25, 0.3) is 0 Å². The van der Waals surface area contributed by atoms with Crippen LogP contribution in [0.15, 0.2) is 0 Å². The average molecular weight is 272 g/mol. The summed E-state index contributed by atoms with van der Waals surface area (Å²) in [4.78, 5) is 17.1. The van der Waals surface area contributed by atoms with Crippen molar-refractivity contribution < 1.29 is 33.5 Å². The smallest absolute Gasteiger partial charge is 0.394 e. The zero-order chi connectivity index (χ0) is 13.5. The van der Waals surface area contributed by atoms with Gasteiger partial charge in [0.05, 0.1) is 38.1 Å². The minimum Gasteiger partial charge on any atom is -0.394 e. The molecule has 0 aromatic heterocycles. The summed E-state index contributed by atoms with van der Waals surface area (Å²) in [5.74, 6) is 0. The van der Waals surface area contributed by atoms with E-state index in [1.807, 2.05) is 0 Å². The van der Waals surface area contributed by atoms with Gasteiger partial charge in [0, 0.05) is 0 Å². The van der Waals surface area contributed by atoms with Crippen LogP contribution in [0.2, 0.25) is 0 Å². The molecule has 0 aliphatic heterocycles. The van der Waals surface area contributed by atoms with Crippen molar-refractivity contribution in [1.82, 2.24) is 0 Å². The molecule has 0 aromatic rings. The topological polar surface area (TPSA) is 105 Å². The van der Waals surface area contributed by atoms with E-state index in [1.54, 1.807) is 13.8 Å². The van der Waals surface area contributed by atoms with Gasteiger partial charge in [-0.25, -0.2) is 4.57 Å². The highest BCUT2D eigenvalue weighted by atomic mass is 31.2. The number of ether oxygens (including phenoxy) is 2. The molecule has 0 spiro atoms. The molecule has 0 heterocycles. The molecule has 0 radical (unpaired) electrons. The molecule has 0 aliphatic rings. The third-order valence-corrected chi connectivity index (χ3v) is 2.44. The van der Waals surface area contributed by atoms with E-state index in [0.29, 0.717) is 6.61 Å². The van der Waals surface area contributed by atoms with Gasteiger partial charge >= 0.3 is 7.82 Å². The van der Waals surface area contributed by atoms with Crippen LogP contribution in [0.4, 0.5) is 0 Å². The Morgan fingerprint density at radius 3 is 1.94 bits per heavy atom. The molecule has 104 valence electrons. The second-order valence-corrected chi connectivity index (χ2v) is 5.07. The lowest BCUT2D eigenvalue weighted by Crippen LogP contribution is -2.25. The first-order valence-corrected chi connectivity index (χ1v) is 6.85. The van der Waals surface area contributed by atoms with Gasteiger partial charge in [0.15, 0.2) is 0 Å². The van der Waals surface area contributed by atoms with Gasteiger partial charge in [-0.15, -0.1) is 0 Å². The fraction of sp³-hybridized carbons (Fsp3) is 1.00. The minimum atomic E-state index is -4.46. The van der Waals surface area contributed by atoms with Crippen LogP contribution in [0.3, 0.4) is 0 Å². The standard InChI is InChI=1S/C9H21O7P/c1-7(4-10)14-5-8(2)15-6-9(3)16-17(11,12)13/h7-10H,4-6H2,1-3H3,(H2,11,12,13). The lowest BCUT2D eigenvalue weighted by atomic mass is 10.4. The summed E-state index contributed by atoms with van der Waals surface area (Å²) in [5.41, 5.74) is 0. The summed E-state index contributed by atoms with van der Waals surface area (Å²) in [7, 11) is -4.46. The quantitative estimate of drug-likeness (QED) is 0.518. The molecule has 0 bridgehead atoms. The fourth-order valence-electron chi connectivity index (χ4n) is 0.965. The van der Waals surface area contributed by atoms with Crippen molar-refractivity contribution >= 4 is 7.82 Å². The van der Waals surface area contributed by atoms with Crippen LogP contribution in [0.5, 0.6) is 0 Å². The van der Waals surface area contributed by atoms with E-state index < -0.39 is 13.9 Å². The summed E-state index contributed by atoms with van der Waals surface area (Å²) in [6.07, 6.45) is -1.20. The van der Waals surface area contributed by atoms with Crippen molar-refractivity contribution in [2.75, 3.05) is 19.8 Å². The van der Waals surface area contributed by atoms with Gasteiger partial charge in [0.1, 0.15) is 0 Å². The van der Waals surface area contributed by atoms with E-state index >= 15 is 0 Å². The average Bonchev–Trinajstić information content (AvgIpc) is 2.20. The van der Waals surface area contributed by atoms with Crippen molar-refractivity contribution in [1.29, 1.82) is 0 Å². The maximum atomic E-state index is 10.5. The van der Waals surface area contributed by atoms with E-state index in [4.69, 9.17) is 24.4 Å². The Hall–Kier alpha value is -0.0100. The zero-order valence-corrected chi connectivity index (χ0v) is 11.2. The Kier molecular flexibility index (Phi) is 8.15. The van der Waals surface area contributed by atoms with Crippen LogP contribution in [-0.4, -0.2) is 53.0 Å². The lowest BCUT2D eigenvalue weighted by Gasteiger charge is -2.19. The normalized spacial score (nSPS) is 17.8. The van der Waals surface area contributed by atoms with Crippen LogP contribution < -0.4 is 0 Å². The molecular formula is C9H21O7P. The SMILES string of the molecule is CC(CO)OCC(C)OCC(C)OP(=O)(O)O. The molecule has 0 rings (SSSR count). The highest BCUT2D eigenvalue weighted by molar-refractivity contribution is 7.46. The summed E-state index contributed by atoms with van der Waals surface area (Å²) in [6, 6.07) is 0. The first kappa shape index (κ1) is 17.0. The maximum Gasteiger partial charge on any atom is 0.469 e. The van der Waals surface area contributed by atoms with Crippen LogP contribution in [0, 0.1) is 0 Å². The molecule has 8 heteroatoms. The van der Waals surface area contributed by atoms with Gasteiger partial charge in [-0.05, 0) is 20.8 Å². The zero-order valence-electron chi connectivity index (χ0n) is 10.3. The third-order valence-electron chi connectivity index (χ3n) is 1.81. The third kappa shape index (κ3) is 10.8. The highest BCUT2D eigenvalue weighted by Crippen LogP contribution is 2.37. The summed E-state index contributed by atoms with van der Waals surface area (Å²) in [6.45, 7) is 5.28. The van der Waals surface area contributed by atoms with Gasteiger partial charge in [-0.3, -0.25) is 4.52 Å². The molecule has 0 saturated carbocycles. The number of phosphoric ester groups is 1. The minimum absolute atomic E-state index is 0.0587. The summed E-state index contributed by atoms with van der Waals surface area (Å²) >= 11 is 0. The number of phosphoric acid groups is 1. The van der Waals surface area contributed by atoms with Crippen LogP contribution in [0.25, 0.3) is 0 Å². The monoisotopic (exact) mass is 272 g/mol. The Morgan fingerprint density at radius 2 is 1.47 bits per heavy atom. The van der Waals surface area contributed by atoms with E-state index in [2.05, 4.69) is 4.52 Å². The van der Waals surface area contributed by atoms with Crippen molar-refractivity contribution in [3.63, 3.8) is 0 Å². The van der Waals surface area contributed by atoms with Crippen LogP contribution in [0.1, 0.15) is 20.8 Å². The van der Waals surface area contributed by atoms with Crippen LogP contribution in [-0.2, 0) is 18.6 Å². The second kappa shape index (κ2) is 8.16. The number of rotatable bonds is 9. The second-order valence-electron chi connectivity index (χ2n) is 3.88. The molecule has 0 fully saturated rings. The van der Waals surface area contributed by atoms with Gasteiger partial charge in [-0.1, -0.05) is 0 Å². The van der Waals surface area contributed by atoms with Crippen molar-refractivity contribution in [2.45, 2.75) is 39.1 Å². The number of hydrogen-bond donors (Lipinski definition) is 3. The highest BCUT2D eigenvalue weighted by Gasteiger charge is 2.19. The number of aliphatic hydroxyl groups excluding tert-OH is 1. The lowest BCUT2D eigenvalue weighted by molar-refractivity contribution is -0.0613.